The van der Waals surface area contributed by atoms with Crippen molar-refractivity contribution in [3.8, 4) is 0 Å². The summed E-state index contributed by atoms with van der Waals surface area (Å²) in [5.74, 6) is -0.736. The van der Waals surface area contributed by atoms with Crippen molar-refractivity contribution >= 4 is 5.97 Å². The van der Waals surface area contributed by atoms with Crippen molar-refractivity contribution in [2.45, 2.75) is 38.0 Å². The number of aryl methyl sites for hydroxylation is 2. The average Bonchev–Trinajstić information content (AvgIpc) is 2.49. The first-order valence-corrected chi connectivity index (χ1v) is 7.36. The van der Waals surface area contributed by atoms with E-state index in [-0.39, 0.29) is 0 Å². The van der Waals surface area contributed by atoms with Crippen molar-refractivity contribution in [3.63, 3.8) is 0 Å². The zero-order valence-electron chi connectivity index (χ0n) is 12.2. The number of rotatable bonds is 3. The Kier molecular flexibility index (Phi) is 3.50. The molecule has 0 saturated heterocycles. The highest BCUT2D eigenvalue weighted by Crippen LogP contribution is 2.40. The monoisotopic (exact) mass is 281 g/mol. The molecule has 1 N–H and O–H groups in total. The van der Waals surface area contributed by atoms with E-state index in [1.165, 1.54) is 5.56 Å². The van der Waals surface area contributed by atoms with Gasteiger partial charge in [0.1, 0.15) is 0 Å². The van der Waals surface area contributed by atoms with Gasteiger partial charge in [-0.3, -0.25) is 9.78 Å². The molecular weight excluding hydrogens is 262 g/mol. The normalized spacial score (nSPS) is 20.8. The van der Waals surface area contributed by atoms with Crippen molar-refractivity contribution in [1.29, 1.82) is 0 Å². The fourth-order valence-electron chi connectivity index (χ4n) is 3.39. The molecular formula is C18H19NO2. The second-order valence-electron chi connectivity index (χ2n) is 5.84. The van der Waals surface area contributed by atoms with Crippen LogP contribution in [0.1, 0.15) is 35.2 Å². The van der Waals surface area contributed by atoms with Crippen molar-refractivity contribution in [1.82, 2.24) is 4.98 Å². The molecule has 1 atom stereocenters. The Morgan fingerprint density at radius 1 is 1.29 bits per heavy atom. The van der Waals surface area contributed by atoms with Crippen LogP contribution in [0.15, 0.2) is 42.6 Å². The predicted octanol–water partition coefficient (Wildman–Crippen LogP) is 3.29. The molecule has 3 rings (SSSR count). The fraction of sp³-hybridized carbons (Fsp3) is 0.333. The van der Waals surface area contributed by atoms with E-state index in [0.29, 0.717) is 12.8 Å². The Labute approximate surface area is 124 Å². The third kappa shape index (κ3) is 2.33. The number of hydrogen-bond donors (Lipinski definition) is 1. The lowest BCUT2D eigenvalue weighted by atomic mass is 9.67. The number of aliphatic carboxylic acids is 1. The average molecular weight is 281 g/mol. The molecule has 1 unspecified atom stereocenters. The topological polar surface area (TPSA) is 50.2 Å². The number of nitrogens with zero attached hydrogens (tertiary/aromatic N) is 1. The highest BCUT2D eigenvalue weighted by atomic mass is 16.4. The quantitative estimate of drug-likeness (QED) is 0.939. The van der Waals surface area contributed by atoms with Gasteiger partial charge in [0, 0.05) is 18.3 Å². The van der Waals surface area contributed by atoms with Gasteiger partial charge in [0.05, 0.1) is 5.41 Å². The molecule has 0 fully saturated rings. The maximum Gasteiger partial charge on any atom is 0.314 e. The molecule has 0 spiro atoms. The largest absolute Gasteiger partial charge is 0.481 e. The summed E-state index contributed by atoms with van der Waals surface area (Å²) in [4.78, 5) is 16.5. The van der Waals surface area contributed by atoms with Gasteiger partial charge in [-0.05, 0) is 48.9 Å². The molecule has 3 heteroatoms. The van der Waals surface area contributed by atoms with Crippen LogP contribution < -0.4 is 0 Å². The Bertz CT molecular complexity index is 680. The molecule has 108 valence electrons. The van der Waals surface area contributed by atoms with Crippen LogP contribution >= 0.6 is 0 Å². The van der Waals surface area contributed by atoms with E-state index < -0.39 is 11.4 Å². The lowest BCUT2D eigenvalue weighted by Gasteiger charge is -2.35. The van der Waals surface area contributed by atoms with E-state index in [0.717, 1.165) is 29.7 Å². The van der Waals surface area contributed by atoms with Crippen molar-refractivity contribution in [2.75, 3.05) is 0 Å². The molecule has 0 amide bonds. The van der Waals surface area contributed by atoms with Gasteiger partial charge in [0.15, 0.2) is 0 Å². The highest BCUT2D eigenvalue weighted by Gasteiger charge is 2.44. The summed E-state index contributed by atoms with van der Waals surface area (Å²) < 4.78 is 0. The van der Waals surface area contributed by atoms with Crippen LogP contribution in [0.4, 0.5) is 0 Å². The molecule has 0 saturated carbocycles. The minimum atomic E-state index is -0.839. The fourth-order valence-corrected chi connectivity index (χ4v) is 3.39. The number of aromatic nitrogens is 1. The molecule has 1 aliphatic carbocycles. The predicted molar refractivity (Wildman–Crippen MR) is 81.4 cm³/mol. The van der Waals surface area contributed by atoms with Crippen molar-refractivity contribution in [3.05, 3.63) is 65.0 Å². The first-order chi connectivity index (χ1) is 10.1. The van der Waals surface area contributed by atoms with Gasteiger partial charge < -0.3 is 5.11 Å². The summed E-state index contributed by atoms with van der Waals surface area (Å²) >= 11 is 0. The number of carboxylic acids is 1. The van der Waals surface area contributed by atoms with E-state index in [9.17, 15) is 9.90 Å². The molecule has 1 aromatic heterocycles. The van der Waals surface area contributed by atoms with Crippen LogP contribution in [0.25, 0.3) is 0 Å². The highest BCUT2D eigenvalue weighted by molar-refractivity contribution is 5.83. The lowest BCUT2D eigenvalue weighted by molar-refractivity contribution is -0.144. The second-order valence-corrected chi connectivity index (χ2v) is 5.84. The minimum Gasteiger partial charge on any atom is -0.481 e. The lowest BCUT2D eigenvalue weighted by Crippen LogP contribution is -2.41. The summed E-state index contributed by atoms with van der Waals surface area (Å²) in [5.41, 5.74) is 3.24. The Morgan fingerprint density at radius 2 is 2.10 bits per heavy atom. The van der Waals surface area contributed by atoms with Crippen LogP contribution in [-0.2, 0) is 23.1 Å². The molecule has 0 aliphatic heterocycles. The van der Waals surface area contributed by atoms with Gasteiger partial charge >= 0.3 is 5.97 Å². The van der Waals surface area contributed by atoms with E-state index in [2.05, 4.69) is 11.1 Å². The first-order valence-electron chi connectivity index (χ1n) is 7.36. The zero-order valence-corrected chi connectivity index (χ0v) is 12.2. The molecule has 0 bridgehead atoms. The van der Waals surface area contributed by atoms with Gasteiger partial charge in [-0.15, -0.1) is 0 Å². The third-order valence-electron chi connectivity index (χ3n) is 4.58. The van der Waals surface area contributed by atoms with E-state index in [1.807, 2.05) is 37.3 Å². The number of pyridine rings is 1. The van der Waals surface area contributed by atoms with Gasteiger partial charge in [-0.25, -0.2) is 0 Å². The van der Waals surface area contributed by atoms with Gasteiger partial charge in [-0.1, -0.05) is 30.3 Å². The third-order valence-corrected chi connectivity index (χ3v) is 4.58. The number of carbonyl (C=O) groups is 1. The van der Waals surface area contributed by atoms with Crippen LogP contribution in [0, 0.1) is 6.92 Å². The minimum absolute atomic E-state index is 0.464. The van der Waals surface area contributed by atoms with E-state index >= 15 is 0 Å². The second kappa shape index (κ2) is 5.32. The van der Waals surface area contributed by atoms with Gasteiger partial charge in [-0.2, -0.15) is 0 Å². The Hall–Kier alpha value is -2.16. The Balaban J connectivity index is 2.11. The molecule has 2 aromatic rings. The maximum absolute atomic E-state index is 12.1. The van der Waals surface area contributed by atoms with E-state index in [4.69, 9.17) is 0 Å². The summed E-state index contributed by atoms with van der Waals surface area (Å²) in [7, 11) is 0. The van der Waals surface area contributed by atoms with Crippen LogP contribution in [0.5, 0.6) is 0 Å². The number of carboxylic acid groups (broad SMARTS) is 1. The van der Waals surface area contributed by atoms with Crippen molar-refractivity contribution < 1.29 is 9.90 Å². The molecule has 21 heavy (non-hydrogen) atoms. The van der Waals surface area contributed by atoms with Gasteiger partial charge in [0.25, 0.3) is 0 Å². The number of hydrogen-bond acceptors (Lipinski definition) is 2. The molecule has 0 radical (unpaired) electrons. The summed E-state index contributed by atoms with van der Waals surface area (Å²) in [5, 5.41) is 9.96. The molecule has 1 aliphatic rings. The smallest absolute Gasteiger partial charge is 0.314 e. The molecule has 1 aromatic carbocycles. The van der Waals surface area contributed by atoms with E-state index in [1.54, 1.807) is 6.20 Å². The first kappa shape index (κ1) is 13.8. The van der Waals surface area contributed by atoms with Crippen LogP contribution in [0.3, 0.4) is 0 Å². The Morgan fingerprint density at radius 3 is 2.86 bits per heavy atom. The van der Waals surface area contributed by atoms with Crippen LogP contribution in [0.2, 0.25) is 0 Å². The number of benzene rings is 1. The standard InChI is InChI=1S/C18H19NO2/c1-13-6-5-11-19-16(13)12-18(17(20)21)10-4-8-14-7-2-3-9-15(14)18/h2-3,5-7,9,11H,4,8,10,12H2,1H3,(H,20,21). The number of fused-ring (bicyclic) bond motifs is 1. The molecule has 1 heterocycles. The van der Waals surface area contributed by atoms with Gasteiger partial charge in [0.2, 0.25) is 0 Å². The zero-order chi connectivity index (χ0) is 14.9. The molecule has 3 nitrogen and oxygen atoms in total. The van der Waals surface area contributed by atoms with Crippen LogP contribution in [-0.4, -0.2) is 16.1 Å². The van der Waals surface area contributed by atoms with Crippen molar-refractivity contribution in [2.24, 2.45) is 0 Å². The SMILES string of the molecule is Cc1cccnc1CC1(C(=O)O)CCCc2ccccc21. The summed E-state index contributed by atoms with van der Waals surface area (Å²) in [6, 6.07) is 11.8. The summed E-state index contributed by atoms with van der Waals surface area (Å²) in [6.45, 7) is 1.99. The summed E-state index contributed by atoms with van der Waals surface area (Å²) in [6.07, 6.45) is 4.76. The maximum atomic E-state index is 12.1.